The molecule has 1 saturated heterocycles. The van der Waals surface area contributed by atoms with Crippen LogP contribution in [0.25, 0.3) is 0 Å². The van der Waals surface area contributed by atoms with Gasteiger partial charge in [0, 0.05) is 6.07 Å². The molecule has 8 nitrogen and oxygen atoms in total. The highest BCUT2D eigenvalue weighted by Gasteiger charge is 2.38. The maximum Gasteiger partial charge on any atom is 0.261 e. The fraction of sp³-hybridized carbons (Fsp3) is 0.294. The number of hydrogen-bond acceptors (Lipinski definition) is 7. The van der Waals surface area contributed by atoms with Gasteiger partial charge < -0.3 is 4.74 Å². The summed E-state index contributed by atoms with van der Waals surface area (Å²) in [6, 6.07) is 11.2. The molecule has 1 aliphatic rings. The molecule has 0 radical (unpaired) electrons. The Hall–Kier alpha value is -2.11. The number of benzene rings is 2. The zero-order chi connectivity index (χ0) is 20.6. The third kappa shape index (κ3) is 4.31. The molecule has 0 aromatic heterocycles. The Balaban J connectivity index is 1.92. The highest BCUT2D eigenvalue weighted by Crippen LogP contribution is 2.27. The normalized spacial score (nSPS) is 19.2. The van der Waals surface area contributed by atoms with Gasteiger partial charge in [-0.3, -0.25) is 4.72 Å². The monoisotopic (exact) mass is 445 g/mol. The molecule has 0 spiro atoms. The van der Waals surface area contributed by atoms with E-state index in [0.717, 1.165) is 6.07 Å². The molecule has 1 N–H and O–H groups in total. The number of sulfone groups is 2. The summed E-state index contributed by atoms with van der Waals surface area (Å²) in [4.78, 5) is -0.458. The Kier molecular flexibility index (Phi) is 5.43. The maximum absolute atomic E-state index is 12.7. The fourth-order valence-electron chi connectivity index (χ4n) is 2.92. The summed E-state index contributed by atoms with van der Waals surface area (Å²) in [6.45, 7) is 0. The Labute approximate surface area is 164 Å². The minimum Gasteiger partial charge on any atom is -0.497 e. The molecule has 11 heteroatoms. The first-order valence-corrected chi connectivity index (χ1v) is 13.1. The first-order valence-electron chi connectivity index (χ1n) is 8.25. The van der Waals surface area contributed by atoms with E-state index in [1.165, 1.54) is 37.4 Å². The van der Waals surface area contributed by atoms with Crippen molar-refractivity contribution in [3.63, 3.8) is 0 Å². The highest BCUT2D eigenvalue weighted by molar-refractivity contribution is 7.96. The SMILES string of the molecule is COc1cccc(NS(=O)(=O)c2cccc(S(=O)(=O)[C@@H]3CCS(=O)(=O)C3)c2)c1. The topological polar surface area (TPSA) is 124 Å². The van der Waals surface area contributed by atoms with Gasteiger partial charge in [0.25, 0.3) is 10.0 Å². The molecule has 28 heavy (non-hydrogen) atoms. The van der Waals surface area contributed by atoms with Gasteiger partial charge in [0.1, 0.15) is 5.75 Å². The molecule has 0 saturated carbocycles. The van der Waals surface area contributed by atoms with Crippen LogP contribution in [-0.4, -0.2) is 49.1 Å². The number of ether oxygens (including phenoxy) is 1. The average Bonchev–Trinajstić information content (AvgIpc) is 3.02. The van der Waals surface area contributed by atoms with Crippen LogP contribution in [0.1, 0.15) is 6.42 Å². The summed E-state index contributed by atoms with van der Waals surface area (Å²) in [5, 5.41) is -1.07. The van der Waals surface area contributed by atoms with Gasteiger partial charge in [0.2, 0.25) is 0 Å². The van der Waals surface area contributed by atoms with Crippen molar-refractivity contribution in [3.8, 4) is 5.75 Å². The van der Waals surface area contributed by atoms with Gasteiger partial charge in [0.15, 0.2) is 19.7 Å². The van der Waals surface area contributed by atoms with Crippen molar-refractivity contribution < 1.29 is 30.0 Å². The molecule has 0 unspecified atom stereocenters. The average molecular weight is 446 g/mol. The van der Waals surface area contributed by atoms with Crippen LogP contribution in [0.4, 0.5) is 5.69 Å². The van der Waals surface area contributed by atoms with E-state index >= 15 is 0 Å². The molecule has 0 amide bonds. The third-order valence-corrected chi connectivity index (χ3v) is 9.94. The molecule has 1 atom stereocenters. The second kappa shape index (κ2) is 7.37. The number of hydrogen-bond donors (Lipinski definition) is 1. The molecule has 0 aliphatic carbocycles. The van der Waals surface area contributed by atoms with Gasteiger partial charge in [-0.05, 0) is 36.8 Å². The van der Waals surface area contributed by atoms with Crippen molar-refractivity contribution in [3.05, 3.63) is 48.5 Å². The fourth-order valence-corrected chi connectivity index (χ4v) is 8.49. The largest absolute Gasteiger partial charge is 0.497 e. The van der Waals surface area contributed by atoms with E-state index in [1.807, 2.05) is 0 Å². The Bertz CT molecular complexity index is 1200. The Morgan fingerprint density at radius 1 is 1.00 bits per heavy atom. The molecule has 1 aliphatic heterocycles. The van der Waals surface area contributed by atoms with Gasteiger partial charge in [-0.1, -0.05) is 12.1 Å². The third-order valence-electron chi connectivity index (χ3n) is 4.40. The minimum atomic E-state index is -4.06. The van der Waals surface area contributed by atoms with Crippen LogP contribution in [0, 0.1) is 0 Å². The van der Waals surface area contributed by atoms with Gasteiger partial charge in [-0.2, -0.15) is 0 Å². The molecule has 152 valence electrons. The Morgan fingerprint density at radius 2 is 1.68 bits per heavy atom. The maximum atomic E-state index is 12.7. The van der Waals surface area contributed by atoms with Crippen LogP contribution in [0.5, 0.6) is 5.75 Å². The predicted octanol–water partition coefficient (Wildman–Crippen LogP) is 1.46. The highest BCUT2D eigenvalue weighted by atomic mass is 32.2. The van der Waals surface area contributed by atoms with E-state index in [9.17, 15) is 25.3 Å². The summed E-state index contributed by atoms with van der Waals surface area (Å²) in [5.41, 5.74) is 0.259. The summed E-state index contributed by atoms with van der Waals surface area (Å²) >= 11 is 0. The van der Waals surface area contributed by atoms with E-state index in [4.69, 9.17) is 4.74 Å². The van der Waals surface area contributed by atoms with Crippen LogP contribution < -0.4 is 9.46 Å². The number of rotatable bonds is 6. The minimum absolute atomic E-state index is 0.00367. The van der Waals surface area contributed by atoms with Crippen molar-refractivity contribution in [2.45, 2.75) is 21.5 Å². The predicted molar refractivity (Wildman–Crippen MR) is 104 cm³/mol. The lowest BCUT2D eigenvalue weighted by Crippen LogP contribution is -2.23. The van der Waals surface area contributed by atoms with Crippen LogP contribution >= 0.6 is 0 Å². The van der Waals surface area contributed by atoms with Gasteiger partial charge >= 0.3 is 0 Å². The molecule has 0 bridgehead atoms. The summed E-state index contributed by atoms with van der Waals surface area (Å²) in [6.07, 6.45) is 0.00367. The molecule has 3 rings (SSSR count). The van der Waals surface area contributed by atoms with Crippen LogP contribution in [0.3, 0.4) is 0 Å². The second-order valence-electron chi connectivity index (χ2n) is 6.38. The summed E-state index contributed by atoms with van der Waals surface area (Å²) in [7, 11) is -9.97. The van der Waals surface area contributed by atoms with Crippen molar-refractivity contribution in [2.75, 3.05) is 23.3 Å². The van der Waals surface area contributed by atoms with Crippen LogP contribution in [0.2, 0.25) is 0 Å². The first kappa shape index (κ1) is 20.6. The summed E-state index contributed by atoms with van der Waals surface area (Å²) in [5.74, 6) is -0.181. The summed E-state index contributed by atoms with van der Waals surface area (Å²) < 4.78 is 81.5. The van der Waals surface area contributed by atoms with E-state index in [1.54, 1.807) is 12.1 Å². The molecule has 2 aromatic carbocycles. The van der Waals surface area contributed by atoms with Crippen molar-refractivity contribution >= 4 is 35.4 Å². The van der Waals surface area contributed by atoms with E-state index in [2.05, 4.69) is 4.72 Å². The smallest absolute Gasteiger partial charge is 0.261 e. The van der Waals surface area contributed by atoms with Crippen molar-refractivity contribution in [1.29, 1.82) is 0 Å². The number of anilines is 1. The molecule has 1 fully saturated rings. The van der Waals surface area contributed by atoms with Crippen LogP contribution in [-0.2, 0) is 29.7 Å². The lowest BCUT2D eigenvalue weighted by atomic mass is 10.3. The Morgan fingerprint density at radius 3 is 2.32 bits per heavy atom. The van der Waals surface area contributed by atoms with E-state index in [-0.39, 0.29) is 27.7 Å². The lowest BCUT2D eigenvalue weighted by molar-refractivity contribution is 0.415. The van der Waals surface area contributed by atoms with Gasteiger partial charge in [0.05, 0.1) is 39.3 Å². The number of methoxy groups -OCH3 is 1. The number of sulfonamides is 1. The molecule has 1 heterocycles. The molecular weight excluding hydrogens is 426 g/mol. The molecular formula is C17H19NO7S3. The van der Waals surface area contributed by atoms with Gasteiger partial charge in [-0.15, -0.1) is 0 Å². The molecule has 2 aromatic rings. The quantitative estimate of drug-likeness (QED) is 0.714. The van der Waals surface area contributed by atoms with E-state index in [0.29, 0.717) is 5.75 Å². The van der Waals surface area contributed by atoms with Crippen molar-refractivity contribution in [2.24, 2.45) is 0 Å². The lowest BCUT2D eigenvalue weighted by Gasteiger charge is -2.13. The van der Waals surface area contributed by atoms with Crippen molar-refractivity contribution in [1.82, 2.24) is 0 Å². The second-order valence-corrected chi connectivity index (χ2v) is 12.5. The zero-order valence-electron chi connectivity index (χ0n) is 14.9. The van der Waals surface area contributed by atoms with Crippen LogP contribution in [0.15, 0.2) is 58.3 Å². The standard InChI is InChI=1S/C17H19NO7S3/c1-25-14-5-2-4-13(10-14)18-28(23,24)16-7-3-6-15(11-16)27(21,22)17-8-9-26(19,20)12-17/h2-7,10-11,17-18H,8-9,12H2,1H3/t17-/m1/s1. The van der Waals surface area contributed by atoms with E-state index < -0.39 is 40.7 Å². The van der Waals surface area contributed by atoms with Gasteiger partial charge in [-0.25, -0.2) is 25.3 Å². The first-order chi connectivity index (χ1) is 13.0. The number of nitrogens with one attached hydrogen (secondary N) is 1. The zero-order valence-corrected chi connectivity index (χ0v) is 17.3.